The second-order valence-corrected chi connectivity index (χ2v) is 20.7. The molecule has 0 bridgehead atoms. The molecule has 4 aliphatic rings. The first kappa shape index (κ1) is 15.2. The fourth-order valence-corrected chi connectivity index (χ4v) is 19.8. The van der Waals surface area contributed by atoms with Crippen LogP contribution in [0.4, 0.5) is 0 Å². The van der Waals surface area contributed by atoms with Gasteiger partial charge in [0, 0.05) is 10.8 Å². The minimum Gasteiger partial charge on any atom is -0.0691 e. The molecule has 0 saturated heterocycles. The summed E-state index contributed by atoms with van der Waals surface area (Å²) in [7, 11) is -2.59. The number of hydrogen-bond donors (Lipinski definition) is 0. The van der Waals surface area contributed by atoms with Crippen molar-refractivity contribution in [2.45, 2.75) is 60.2 Å². The van der Waals surface area contributed by atoms with E-state index in [-0.39, 0.29) is 0 Å². The zero-order chi connectivity index (χ0) is 17.2. The number of benzene rings is 2. The summed E-state index contributed by atoms with van der Waals surface area (Å²) >= 11 is 0. The predicted molar refractivity (Wildman–Crippen MR) is 108 cm³/mol. The summed E-state index contributed by atoms with van der Waals surface area (Å²) in [6.07, 6.45) is 0. The summed E-state index contributed by atoms with van der Waals surface area (Å²) in [4.78, 5) is 0. The van der Waals surface area contributed by atoms with Crippen molar-refractivity contribution in [3.63, 3.8) is 0 Å². The van der Waals surface area contributed by atoms with Gasteiger partial charge in [-0.15, -0.1) is 0 Å². The smallest absolute Gasteiger partial charge is 0.0533 e. The average Bonchev–Trinajstić information content (AvgIpc) is 3.40. The molecule has 4 fully saturated rings. The maximum Gasteiger partial charge on any atom is 0.0533 e. The second kappa shape index (κ2) is 3.68. The molecular weight excluding hydrogens is 320 g/mol. The highest BCUT2D eigenvalue weighted by Gasteiger charge is 3.38. The Morgan fingerprint density at radius 2 is 0.792 bits per heavy atom. The third kappa shape index (κ3) is 0.998. The van der Waals surface area contributed by atoms with Crippen molar-refractivity contribution >= 4 is 16.1 Å². The highest BCUT2D eigenvalue weighted by molar-refractivity contribution is 6.97. The quantitative estimate of drug-likeness (QED) is 0.589. The normalized spacial score (nSPS) is 41.6. The van der Waals surface area contributed by atoms with Gasteiger partial charge in [0.15, 0.2) is 0 Å². The fourth-order valence-electron chi connectivity index (χ4n) is 8.11. The van der Waals surface area contributed by atoms with Crippen molar-refractivity contribution in [2.75, 3.05) is 0 Å². The van der Waals surface area contributed by atoms with Gasteiger partial charge in [0.2, 0.25) is 0 Å². The van der Waals surface area contributed by atoms with E-state index in [0.29, 0.717) is 20.9 Å². The number of rotatable bonds is 4. The topological polar surface area (TPSA) is 0 Å². The maximum absolute atomic E-state index is 2.63. The van der Waals surface area contributed by atoms with Gasteiger partial charge in [-0.25, -0.2) is 0 Å². The minimum atomic E-state index is -1.29. The van der Waals surface area contributed by atoms with Crippen LogP contribution in [-0.4, -0.2) is 16.1 Å². The Kier molecular flexibility index (Phi) is 2.33. The average molecular weight is 349 g/mol. The number of hydrogen-bond acceptors (Lipinski definition) is 0. The van der Waals surface area contributed by atoms with Crippen LogP contribution in [0.3, 0.4) is 0 Å². The summed E-state index contributed by atoms with van der Waals surface area (Å²) in [5.74, 6) is 0. The molecule has 4 aliphatic carbocycles. The summed E-state index contributed by atoms with van der Waals surface area (Å²) in [5, 5.41) is 1.24. The van der Waals surface area contributed by atoms with Gasteiger partial charge in [-0.2, -0.15) is 0 Å². The van der Waals surface area contributed by atoms with E-state index in [1.54, 1.807) is 11.1 Å². The van der Waals surface area contributed by atoms with Crippen molar-refractivity contribution in [1.29, 1.82) is 0 Å². The molecule has 0 heterocycles. The van der Waals surface area contributed by atoms with Crippen molar-refractivity contribution < 1.29 is 0 Å². The van der Waals surface area contributed by atoms with Gasteiger partial charge in [0.1, 0.15) is 0 Å². The molecule has 6 rings (SSSR count). The molecule has 0 atom stereocenters. The zero-order valence-corrected chi connectivity index (χ0v) is 17.8. The molecule has 0 N–H and O–H groups in total. The summed E-state index contributed by atoms with van der Waals surface area (Å²) < 4.78 is 0. The van der Waals surface area contributed by atoms with Gasteiger partial charge in [-0.3, -0.25) is 0 Å². The van der Waals surface area contributed by atoms with Crippen LogP contribution >= 0.6 is 0 Å². The molecule has 0 amide bonds. The molecule has 0 spiro atoms. The Balaban J connectivity index is 1.80. The molecule has 4 saturated carbocycles. The van der Waals surface area contributed by atoms with Crippen LogP contribution in [0.1, 0.15) is 11.1 Å². The van der Waals surface area contributed by atoms with Gasteiger partial charge in [0.05, 0.1) is 16.1 Å². The fraction of sp³-hybridized carbons (Fsp3) is 0.455. The first-order chi connectivity index (χ1) is 11.2. The van der Waals surface area contributed by atoms with Crippen LogP contribution in [-0.2, 0) is 10.8 Å². The van der Waals surface area contributed by atoms with Gasteiger partial charge < -0.3 is 0 Å². The highest BCUT2D eigenvalue weighted by Crippen LogP contribution is 3.42. The van der Waals surface area contributed by atoms with E-state index in [9.17, 15) is 0 Å². The largest absolute Gasteiger partial charge is 0.0691 e. The summed E-state index contributed by atoms with van der Waals surface area (Å²) in [6.45, 7) is 15.8. The van der Waals surface area contributed by atoms with E-state index in [2.05, 4.69) is 99.9 Å². The lowest BCUT2D eigenvalue weighted by molar-refractivity contribution is 1.02. The molecule has 2 aromatic rings. The molecule has 0 nitrogen and oxygen atoms in total. The van der Waals surface area contributed by atoms with Crippen molar-refractivity contribution in [3.8, 4) is 0 Å². The van der Waals surface area contributed by atoms with Gasteiger partial charge in [0.25, 0.3) is 0 Å². The SMILES string of the molecule is C[Si](C)(C)C12C3(c4ccccc4)C1(c1ccccc1)C32[Si](C)(C)C. The molecule has 24 heavy (non-hydrogen) atoms. The van der Waals surface area contributed by atoms with E-state index in [1.807, 2.05) is 0 Å². The van der Waals surface area contributed by atoms with E-state index in [0.717, 1.165) is 0 Å². The van der Waals surface area contributed by atoms with Crippen LogP contribution in [0, 0.1) is 0 Å². The van der Waals surface area contributed by atoms with Crippen LogP contribution in [0.2, 0.25) is 49.4 Å². The summed E-state index contributed by atoms with van der Waals surface area (Å²) in [6, 6.07) is 23.1. The molecule has 0 radical (unpaired) electrons. The lowest BCUT2D eigenvalue weighted by Gasteiger charge is -2.20. The molecule has 2 aromatic carbocycles. The van der Waals surface area contributed by atoms with Crippen molar-refractivity contribution in [1.82, 2.24) is 0 Å². The van der Waals surface area contributed by atoms with Crippen molar-refractivity contribution in [2.24, 2.45) is 0 Å². The van der Waals surface area contributed by atoms with Gasteiger partial charge >= 0.3 is 0 Å². The van der Waals surface area contributed by atoms with Crippen molar-refractivity contribution in [3.05, 3.63) is 71.8 Å². The van der Waals surface area contributed by atoms with Crippen LogP contribution in [0.15, 0.2) is 60.7 Å². The lowest BCUT2D eigenvalue weighted by atomic mass is 10.0. The summed E-state index contributed by atoms with van der Waals surface area (Å²) in [5.41, 5.74) is 4.23. The van der Waals surface area contributed by atoms with Crippen LogP contribution in [0.25, 0.3) is 0 Å². The van der Waals surface area contributed by atoms with E-state index in [4.69, 9.17) is 0 Å². The first-order valence-electron chi connectivity index (χ1n) is 9.32. The monoisotopic (exact) mass is 348 g/mol. The Labute approximate surface area is 148 Å². The minimum absolute atomic E-state index is 0.477. The third-order valence-electron chi connectivity index (χ3n) is 7.79. The molecule has 0 aromatic heterocycles. The zero-order valence-electron chi connectivity index (χ0n) is 15.8. The second-order valence-electron chi connectivity index (χ2n) is 10.2. The first-order valence-corrected chi connectivity index (χ1v) is 16.3. The Bertz CT molecular complexity index is 756. The molecular formula is C22H28Si2. The molecule has 2 heteroatoms. The standard InChI is InChI=1S/C22H28Si2/c1-23(2,3)21-19(17-13-9-7-10-14-17)20(21,18-15-11-8-12-16-18)22(19,21)24(4,5)6/h7-16H,1-6H3. The Morgan fingerprint density at radius 3 is 1.04 bits per heavy atom. The van der Waals surface area contributed by atoms with E-state index < -0.39 is 16.1 Å². The van der Waals surface area contributed by atoms with Gasteiger partial charge in [-0.1, -0.05) is 99.9 Å². The van der Waals surface area contributed by atoms with E-state index in [1.165, 1.54) is 0 Å². The lowest BCUT2D eigenvalue weighted by Crippen LogP contribution is -2.26. The molecule has 0 aliphatic heterocycles. The maximum atomic E-state index is 2.63. The van der Waals surface area contributed by atoms with Gasteiger partial charge in [-0.05, 0) is 21.2 Å². The Morgan fingerprint density at radius 1 is 0.500 bits per heavy atom. The molecule has 0 unspecified atom stereocenters. The highest BCUT2D eigenvalue weighted by atomic mass is 28.3. The Hall–Kier alpha value is -1.13. The van der Waals surface area contributed by atoms with Crippen LogP contribution in [0.5, 0.6) is 0 Å². The van der Waals surface area contributed by atoms with E-state index >= 15 is 0 Å². The third-order valence-corrected chi connectivity index (χ3v) is 14.8. The van der Waals surface area contributed by atoms with Crippen LogP contribution < -0.4 is 0 Å². The molecule has 124 valence electrons. The predicted octanol–water partition coefficient (Wildman–Crippen LogP) is 6.06.